The van der Waals surface area contributed by atoms with E-state index < -0.39 is 0 Å². The Hall–Kier alpha value is -0.810. The molecule has 0 saturated heterocycles. The van der Waals surface area contributed by atoms with Crippen LogP contribution < -0.4 is 5.32 Å². The molecule has 124 valence electrons. The van der Waals surface area contributed by atoms with Crippen molar-refractivity contribution in [2.75, 3.05) is 53.5 Å². The topological polar surface area (TPSA) is 40.1 Å². The number of ether oxygens (including phenoxy) is 1. The summed E-state index contributed by atoms with van der Waals surface area (Å²) in [7, 11) is 3.91. The fourth-order valence-electron chi connectivity index (χ4n) is 2.44. The van der Waals surface area contributed by atoms with E-state index in [0.717, 1.165) is 51.3 Å². The second kappa shape index (κ2) is 10.0. The van der Waals surface area contributed by atoms with Gasteiger partial charge in [0, 0.05) is 39.8 Å². The summed E-state index contributed by atoms with van der Waals surface area (Å²) < 4.78 is 5.69. The Morgan fingerprint density at radius 1 is 1.33 bits per heavy atom. The lowest BCUT2D eigenvalue weighted by Crippen LogP contribution is -2.47. The summed E-state index contributed by atoms with van der Waals surface area (Å²) in [6.07, 6.45) is 2.70. The molecular weight excluding hydrogens is 264 g/mol. The SMILES string of the molecule is CCN(CC)C(C)CNC(=NC)N(C)CCOCC1CC1. The van der Waals surface area contributed by atoms with Crippen LogP contribution in [0.15, 0.2) is 4.99 Å². The fourth-order valence-corrected chi connectivity index (χ4v) is 2.44. The van der Waals surface area contributed by atoms with Gasteiger partial charge in [0.15, 0.2) is 5.96 Å². The van der Waals surface area contributed by atoms with E-state index in [9.17, 15) is 0 Å². The zero-order valence-corrected chi connectivity index (χ0v) is 14.6. The van der Waals surface area contributed by atoms with Crippen molar-refractivity contribution in [3.63, 3.8) is 0 Å². The van der Waals surface area contributed by atoms with Gasteiger partial charge in [-0.15, -0.1) is 0 Å². The van der Waals surface area contributed by atoms with Gasteiger partial charge in [-0.1, -0.05) is 13.8 Å². The van der Waals surface area contributed by atoms with Crippen LogP contribution in [0.2, 0.25) is 0 Å². The molecule has 1 saturated carbocycles. The van der Waals surface area contributed by atoms with Crippen molar-refractivity contribution in [1.29, 1.82) is 0 Å². The van der Waals surface area contributed by atoms with Crippen LogP contribution in [0, 0.1) is 5.92 Å². The molecule has 1 aliphatic rings. The number of guanidine groups is 1. The fraction of sp³-hybridized carbons (Fsp3) is 0.938. The van der Waals surface area contributed by atoms with Crippen LogP contribution in [-0.2, 0) is 4.74 Å². The summed E-state index contributed by atoms with van der Waals surface area (Å²) >= 11 is 0. The van der Waals surface area contributed by atoms with E-state index in [1.807, 2.05) is 7.05 Å². The predicted molar refractivity (Wildman–Crippen MR) is 89.9 cm³/mol. The van der Waals surface area contributed by atoms with Crippen molar-refractivity contribution in [2.24, 2.45) is 10.9 Å². The maximum atomic E-state index is 5.69. The molecule has 0 aromatic heterocycles. The summed E-state index contributed by atoms with van der Waals surface area (Å²) in [5.74, 6) is 1.78. The van der Waals surface area contributed by atoms with Gasteiger partial charge in [-0.05, 0) is 38.8 Å². The number of rotatable bonds is 10. The van der Waals surface area contributed by atoms with Crippen molar-refractivity contribution in [3.8, 4) is 0 Å². The standard InChI is InChI=1S/C16H34N4O/c1-6-20(7-2)14(3)12-18-16(17-4)19(5)10-11-21-13-15-8-9-15/h14-15H,6-13H2,1-5H3,(H,17,18). The molecule has 0 aromatic carbocycles. The Morgan fingerprint density at radius 3 is 2.52 bits per heavy atom. The molecule has 0 radical (unpaired) electrons. The normalized spacial score (nSPS) is 17.1. The van der Waals surface area contributed by atoms with Crippen LogP contribution in [-0.4, -0.2) is 75.3 Å². The van der Waals surface area contributed by atoms with Crippen molar-refractivity contribution < 1.29 is 4.74 Å². The number of aliphatic imine (C=N–C) groups is 1. The number of hydrogen-bond acceptors (Lipinski definition) is 3. The molecule has 0 amide bonds. The number of likely N-dealkylation sites (N-methyl/N-ethyl adjacent to an activating group) is 2. The lowest BCUT2D eigenvalue weighted by Gasteiger charge is -2.29. The Balaban J connectivity index is 2.22. The molecule has 1 atom stereocenters. The first-order valence-electron chi connectivity index (χ1n) is 8.35. The van der Waals surface area contributed by atoms with Crippen LogP contribution >= 0.6 is 0 Å². The van der Waals surface area contributed by atoms with E-state index in [4.69, 9.17) is 4.74 Å². The molecule has 1 rings (SSSR count). The average molecular weight is 298 g/mol. The molecule has 0 aliphatic heterocycles. The summed E-state index contributed by atoms with van der Waals surface area (Å²) in [5.41, 5.74) is 0. The number of nitrogens with zero attached hydrogens (tertiary/aromatic N) is 3. The van der Waals surface area contributed by atoms with Crippen molar-refractivity contribution in [3.05, 3.63) is 0 Å². The molecular formula is C16H34N4O. The quantitative estimate of drug-likeness (QED) is 0.378. The van der Waals surface area contributed by atoms with E-state index >= 15 is 0 Å². The highest BCUT2D eigenvalue weighted by Crippen LogP contribution is 2.28. The highest BCUT2D eigenvalue weighted by molar-refractivity contribution is 5.79. The minimum absolute atomic E-state index is 0.510. The zero-order chi connectivity index (χ0) is 15.7. The van der Waals surface area contributed by atoms with Crippen molar-refractivity contribution >= 4 is 5.96 Å². The molecule has 21 heavy (non-hydrogen) atoms. The third-order valence-corrected chi connectivity index (χ3v) is 4.19. The first-order valence-corrected chi connectivity index (χ1v) is 8.35. The second-order valence-corrected chi connectivity index (χ2v) is 5.94. The van der Waals surface area contributed by atoms with Crippen LogP contribution in [0.25, 0.3) is 0 Å². The maximum absolute atomic E-state index is 5.69. The summed E-state index contributed by atoms with van der Waals surface area (Å²) in [6.45, 7) is 12.3. The number of nitrogens with one attached hydrogen (secondary N) is 1. The van der Waals surface area contributed by atoms with Crippen LogP contribution in [0.3, 0.4) is 0 Å². The second-order valence-electron chi connectivity index (χ2n) is 5.94. The first kappa shape index (κ1) is 18.2. The third-order valence-electron chi connectivity index (χ3n) is 4.19. The molecule has 0 spiro atoms. The van der Waals surface area contributed by atoms with Gasteiger partial charge < -0.3 is 15.0 Å². The van der Waals surface area contributed by atoms with E-state index in [1.54, 1.807) is 0 Å². The van der Waals surface area contributed by atoms with E-state index in [2.05, 4.69) is 47.9 Å². The van der Waals surface area contributed by atoms with Gasteiger partial charge in [-0.25, -0.2) is 0 Å². The van der Waals surface area contributed by atoms with E-state index in [-0.39, 0.29) is 0 Å². The Kier molecular flexibility index (Phi) is 8.69. The molecule has 0 heterocycles. The van der Waals surface area contributed by atoms with Gasteiger partial charge in [-0.3, -0.25) is 9.89 Å². The summed E-state index contributed by atoms with van der Waals surface area (Å²) in [5, 5.41) is 3.46. The third kappa shape index (κ3) is 7.14. The molecule has 0 aromatic rings. The average Bonchev–Trinajstić information content (AvgIpc) is 3.29. The monoisotopic (exact) mass is 298 g/mol. The maximum Gasteiger partial charge on any atom is 0.193 e. The summed E-state index contributed by atoms with van der Waals surface area (Å²) in [6, 6.07) is 0.510. The molecule has 5 nitrogen and oxygen atoms in total. The van der Waals surface area contributed by atoms with Crippen LogP contribution in [0.4, 0.5) is 0 Å². The van der Waals surface area contributed by atoms with Gasteiger partial charge in [0.05, 0.1) is 6.61 Å². The summed E-state index contributed by atoms with van der Waals surface area (Å²) in [4.78, 5) is 8.94. The van der Waals surface area contributed by atoms with Gasteiger partial charge in [0.25, 0.3) is 0 Å². The predicted octanol–water partition coefficient (Wildman–Crippen LogP) is 1.65. The highest BCUT2D eigenvalue weighted by atomic mass is 16.5. The van der Waals surface area contributed by atoms with Crippen LogP contribution in [0.5, 0.6) is 0 Å². The molecule has 5 heteroatoms. The minimum Gasteiger partial charge on any atom is -0.379 e. The zero-order valence-electron chi connectivity index (χ0n) is 14.6. The van der Waals surface area contributed by atoms with Crippen LogP contribution in [0.1, 0.15) is 33.6 Å². The van der Waals surface area contributed by atoms with Crippen molar-refractivity contribution in [1.82, 2.24) is 15.1 Å². The Morgan fingerprint density at radius 2 is 2.00 bits per heavy atom. The van der Waals surface area contributed by atoms with E-state index in [0.29, 0.717) is 6.04 Å². The van der Waals surface area contributed by atoms with Crippen molar-refractivity contribution in [2.45, 2.75) is 39.7 Å². The molecule has 1 aliphatic carbocycles. The highest BCUT2D eigenvalue weighted by Gasteiger charge is 2.21. The molecule has 0 bridgehead atoms. The largest absolute Gasteiger partial charge is 0.379 e. The number of hydrogen-bond donors (Lipinski definition) is 1. The Labute approximate surface area is 130 Å². The Bertz CT molecular complexity index is 301. The van der Waals surface area contributed by atoms with Gasteiger partial charge >= 0.3 is 0 Å². The molecule has 1 unspecified atom stereocenters. The van der Waals surface area contributed by atoms with Gasteiger partial charge in [0.2, 0.25) is 0 Å². The smallest absolute Gasteiger partial charge is 0.193 e. The van der Waals surface area contributed by atoms with Gasteiger partial charge in [-0.2, -0.15) is 0 Å². The molecule has 1 N–H and O–H groups in total. The van der Waals surface area contributed by atoms with Gasteiger partial charge in [0.1, 0.15) is 0 Å². The first-order chi connectivity index (χ1) is 10.1. The minimum atomic E-state index is 0.510. The lowest BCUT2D eigenvalue weighted by atomic mass is 10.3. The van der Waals surface area contributed by atoms with E-state index in [1.165, 1.54) is 12.8 Å². The lowest BCUT2D eigenvalue weighted by molar-refractivity contribution is 0.115. The molecule has 1 fully saturated rings.